The smallest absolute Gasteiger partial charge is 0.407 e. The SMILES string of the molecule is CCCC1(C(=O)O)CCCN1C(=O)[C@H](C)NC(=O)OCC1c2ccccc2-c2ccccc21. The first kappa shape index (κ1) is 22.8. The highest BCUT2D eigenvalue weighted by molar-refractivity contribution is 5.91. The molecule has 1 saturated heterocycles. The number of carbonyl (C=O) groups excluding carboxylic acids is 2. The number of amides is 2. The fraction of sp³-hybridized carbons (Fsp3) is 0.423. The van der Waals surface area contributed by atoms with Gasteiger partial charge in [0.05, 0.1) is 0 Å². The van der Waals surface area contributed by atoms with E-state index in [1.54, 1.807) is 6.92 Å². The molecule has 2 aromatic carbocycles. The molecule has 1 fully saturated rings. The van der Waals surface area contributed by atoms with Crippen LogP contribution in [0.5, 0.6) is 0 Å². The van der Waals surface area contributed by atoms with Gasteiger partial charge in [-0.05, 0) is 48.4 Å². The summed E-state index contributed by atoms with van der Waals surface area (Å²) in [4.78, 5) is 39.1. The van der Waals surface area contributed by atoms with Gasteiger partial charge in [0.1, 0.15) is 18.2 Å². The van der Waals surface area contributed by atoms with E-state index in [1.165, 1.54) is 4.90 Å². The van der Waals surface area contributed by atoms with E-state index in [2.05, 4.69) is 17.4 Å². The molecule has 1 aliphatic carbocycles. The quantitative estimate of drug-likeness (QED) is 0.660. The largest absolute Gasteiger partial charge is 0.479 e. The number of nitrogens with zero attached hydrogens (tertiary/aromatic N) is 1. The molecule has 1 heterocycles. The summed E-state index contributed by atoms with van der Waals surface area (Å²) >= 11 is 0. The minimum atomic E-state index is -1.19. The third-order valence-electron chi connectivity index (χ3n) is 6.86. The van der Waals surface area contributed by atoms with Gasteiger partial charge in [-0.2, -0.15) is 0 Å². The van der Waals surface area contributed by atoms with E-state index in [-0.39, 0.29) is 12.5 Å². The van der Waals surface area contributed by atoms with Gasteiger partial charge >= 0.3 is 12.1 Å². The number of carbonyl (C=O) groups is 3. The summed E-state index contributed by atoms with van der Waals surface area (Å²) < 4.78 is 5.53. The van der Waals surface area contributed by atoms with Gasteiger partial charge < -0.3 is 20.1 Å². The lowest BCUT2D eigenvalue weighted by Crippen LogP contribution is -2.57. The molecular weight excluding hydrogens is 420 g/mol. The van der Waals surface area contributed by atoms with Gasteiger partial charge in [-0.1, -0.05) is 61.9 Å². The molecule has 7 nitrogen and oxygen atoms in total. The number of benzene rings is 2. The number of likely N-dealkylation sites (tertiary alicyclic amines) is 1. The minimum Gasteiger partial charge on any atom is -0.479 e. The highest BCUT2D eigenvalue weighted by Gasteiger charge is 2.50. The number of carboxylic acid groups (broad SMARTS) is 1. The average molecular weight is 451 g/mol. The molecular formula is C26H30N2O5. The second-order valence-corrected chi connectivity index (χ2v) is 8.87. The van der Waals surface area contributed by atoms with Crippen LogP contribution in [-0.2, 0) is 14.3 Å². The summed E-state index contributed by atoms with van der Waals surface area (Å²) in [6, 6.07) is 15.3. The summed E-state index contributed by atoms with van der Waals surface area (Å²) in [5.74, 6) is -1.45. The number of alkyl carbamates (subject to hydrolysis) is 1. The highest BCUT2D eigenvalue weighted by atomic mass is 16.5. The summed E-state index contributed by atoms with van der Waals surface area (Å²) in [6.07, 6.45) is 1.43. The number of fused-ring (bicyclic) bond motifs is 3. The van der Waals surface area contributed by atoms with Crippen molar-refractivity contribution in [2.24, 2.45) is 0 Å². The molecule has 2 amide bonds. The predicted molar refractivity (Wildman–Crippen MR) is 124 cm³/mol. The Morgan fingerprint density at radius 3 is 2.30 bits per heavy atom. The predicted octanol–water partition coefficient (Wildman–Crippen LogP) is 4.16. The van der Waals surface area contributed by atoms with E-state index < -0.39 is 29.6 Å². The van der Waals surface area contributed by atoms with Gasteiger partial charge in [0, 0.05) is 12.5 Å². The molecule has 2 atom stereocenters. The molecule has 2 N–H and O–H groups in total. The molecule has 0 aromatic heterocycles. The number of rotatable bonds is 7. The second kappa shape index (κ2) is 9.25. The number of ether oxygens (including phenoxy) is 1. The van der Waals surface area contributed by atoms with E-state index in [4.69, 9.17) is 4.74 Å². The Morgan fingerprint density at radius 2 is 1.73 bits per heavy atom. The van der Waals surface area contributed by atoms with Crippen LogP contribution in [0.3, 0.4) is 0 Å². The fourth-order valence-corrected chi connectivity index (χ4v) is 5.31. The van der Waals surface area contributed by atoms with Crippen molar-refractivity contribution >= 4 is 18.0 Å². The highest BCUT2D eigenvalue weighted by Crippen LogP contribution is 2.44. The number of hydrogen-bond acceptors (Lipinski definition) is 4. The van der Waals surface area contributed by atoms with Crippen LogP contribution in [0.1, 0.15) is 56.6 Å². The Bertz CT molecular complexity index is 1020. The Balaban J connectivity index is 1.40. The Kier molecular flexibility index (Phi) is 6.40. The molecule has 2 aliphatic rings. The first-order chi connectivity index (χ1) is 15.9. The van der Waals surface area contributed by atoms with Crippen molar-refractivity contribution < 1.29 is 24.2 Å². The van der Waals surface area contributed by atoms with Crippen molar-refractivity contribution in [2.45, 2.75) is 57.0 Å². The standard InChI is InChI=1S/C26H30N2O5/c1-3-13-26(24(30)31)14-8-15-28(26)23(29)17(2)27-25(32)33-16-22-20-11-6-4-9-18(20)19-10-5-7-12-21(19)22/h4-7,9-12,17,22H,3,8,13-16H2,1-2H3,(H,27,32)(H,30,31)/t17-,26?/m0/s1. The van der Waals surface area contributed by atoms with E-state index in [9.17, 15) is 19.5 Å². The fourth-order valence-electron chi connectivity index (χ4n) is 5.31. The van der Waals surface area contributed by atoms with E-state index in [1.807, 2.05) is 43.3 Å². The van der Waals surface area contributed by atoms with Gasteiger partial charge in [-0.15, -0.1) is 0 Å². The maximum absolute atomic E-state index is 13.1. The molecule has 4 rings (SSSR count). The van der Waals surface area contributed by atoms with Crippen molar-refractivity contribution in [1.82, 2.24) is 10.2 Å². The van der Waals surface area contributed by atoms with Crippen molar-refractivity contribution in [3.63, 3.8) is 0 Å². The number of aliphatic carboxylic acids is 1. The van der Waals surface area contributed by atoms with Crippen molar-refractivity contribution in [3.05, 3.63) is 59.7 Å². The van der Waals surface area contributed by atoms with Crippen LogP contribution < -0.4 is 5.32 Å². The van der Waals surface area contributed by atoms with Gasteiger partial charge in [0.25, 0.3) is 0 Å². The molecule has 174 valence electrons. The molecule has 0 radical (unpaired) electrons. The zero-order valence-corrected chi connectivity index (χ0v) is 19.0. The lowest BCUT2D eigenvalue weighted by Gasteiger charge is -2.36. The average Bonchev–Trinajstić information content (AvgIpc) is 3.37. The Labute approximate surface area is 193 Å². The van der Waals surface area contributed by atoms with E-state index >= 15 is 0 Å². The monoisotopic (exact) mass is 450 g/mol. The van der Waals surface area contributed by atoms with Crippen LogP contribution in [0.2, 0.25) is 0 Å². The van der Waals surface area contributed by atoms with Gasteiger partial charge in [-0.25, -0.2) is 9.59 Å². The van der Waals surface area contributed by atoms with Crippen LogP contribution in [0.25, 0.3) is 11.1 Å². The molecule has 1 aliphatic heterocycles. The summed E-state index contributed by atoms with van der Waals surface area (Å²) in [5, 5.41) is 12.4. The summed E-state index contributed by atoms with van der Waals surface area (Å²) in [5.41, 5.74) is 3.31. The van der Waals surface area contributed by atoms with Crippen LogP contribution >= 0.6 is 0 Å². The number of hydrogen-bond donors (Lipinski definition) is 2. The molecule has 0 bridgehead atoms. The lowest BCUT2D eigenvalue weighted by molar-refractivity contribution is -0.157. The number of carboxylic acids is 1. The first-order valence-corrected chi connectivity index (χ1v) is 11.6. The second-order valence-electron chi connectivity index (χ2n) is 8.87. The van der Waals surface area contributed by atoms with Gasteiger partial charge in [-0.3, -0.25) is 4.79 Å². The third-order valence-corrected chi connectivity index (χ3v) is 6.86. The van der Waals surface area contributed by atoms with Crippen LogP contribution in [0.15, 0.2) is 48.5 Å². The first-order valence-electron chi connectivity index (χ1n) is 11.6. The van der Waals surface area contributed by atoms with Crippen LogP contribution in [0, 0.1) is 0 Å². The van der Waals surface area contributed by atoms with E-state index in [0.717, 1.165) is 22.3 Å². The van der Waals surface area contributed by atoms with Gasteiger partial charge in [0.2, 0.25) is 5.91 Å². The van der Waals surface area contributed by atoms with Crippen LogP contribution in [0.4, 0.5) is 4.79 Å². The minimum absolute atomic E-state index is 0.0723. The van der Waals surface area contributed by atoms with Crippen molar-refractivity contribution in [3.8, 4) is 11.1 Å². The maximum Gasteiger partial charge on any atom is 0.407 e. The number of nitrogens with one attached hydrogen (secondary N) is 1. The normalized spacial score (nSPS) is 20.1. The molecule has 2 aromatic rings. The van der Waals surface area contributed by atoms with Gasteiger partial charge in [0.15, 0.2) is 0 Å². The van der Waals surface area contributed by atoms with Crippen molar-refractivity contribution in [1.29, 1.82) is 0 Å². The molecule has 7 heteroatoms. The topological polar surface area (TPSA) is 95.9 Å². The van der Waals surface area contributed by atoms with Crippen LogP contribution in [-0.4, -0.2) is 52.7 Å². The Morgan fingerprint density at radius 1 is 1.12 bits per heavy atom. The third kappa shape index (κ3) is 4.08. The van der Waals surface area contributed by atoms with Crippen molar-refractivity contribution in [2.75, 3.05) is 13.2 Å². The lowest BCUT2D eigenvalue weighted by atomic mass is 9.90. The van der Waals surface area contributed by atoms with E-state index in [0.29, 0.717) is 32.2 Å². The zero-order chi connectivity index (χ0) is 23.6. The molecule has 33 heavy (non-hydrogen) atoms. The Hall–Kier alpha value is -3.35. The zero-order valence-electron chi connectivity index (χ0n) is 19.0. The molecule has 0 saturated carbocycles. The maximum atomic E-state index is 13.1. The molecule has 1 unspecified atom stereocenters. The summed E-state index contributed by atoms with van der Waals surface area (Å²) in [6.45, 7) is 4.01. The molecule has 0 spiro atoms. The summed E-state index contributed by atoms with van der Waals surface area (Å²) in [7, 11) is 0.